The van der Waals surface area contributed by atoms with E-state index < -0.39 is 17.8 Å². The monoisotopic (exact) mass is 297 g/mol. The third-order valence-electron chi connectivity index (χ3n) is 2.24. The minimum atomic E-state index is -1.20. The molecule has 0 aliphatic carbocycles. The predicted octanol–water partition coefficient (Wildman–Crippen LogP) is 2.46. The zero-order chi connectivity index (χ0) is 14.0. The van der Waals surface area contributed by atoms with Gasteiger partial charge in [0, 0.05) is 10.8 Å². The van der Waals surface area contributed by atoms with Gasteiger partial charge in [-0.15, -0.1) is 22.7 Å². The number of hydrogen-bond acceptors (Lipinski definition) is 5. The molecule has 6 nitrogen and oxygen atoms in total. The van der Waals surface area contributed by atoms with Crippen LogP contribution < -0.4 is 5.32 Å². The molecule has 98 valence electrons. The number of nitrogens with one attached hydrogen (secondary N) is 1. The smallest absolute Gasteiger partial charge is 0.338 e. The van der Waals surface area contributed by atoms with Gasteiger partial charge in [-0.25, -0.2) is 9.59 Å². The number of aromatic carboxylic acids is 2. The van der Waals surface area contributed by atoms with Crippen LogP contribution in [0.15, 0.2) is 22.2 Å². The van der Waals surface area contributed by atoms with Crippen molar-refractivity contribution in [3.63, 3.8) is 0 Å². The first-order valence-corrected chi connectivity index (χ1v) is 6.74. The fraction of sp³-hybridized carbons (Fsp3) is 0. The molecule has 0 aromatic carbocycles. The van der Waals surface area contributed by atoms with E-state index in [1.807, 2.05) is 0 Å². The van der Waals surface area contributed by atoms with E-state index in [0.29, 0.717) is 0 Å². The summed E-state index contributed by atoms with van der Waals surface area (Å²) in [6.45, 7) is 0. The van der Waals surface area contributed by atoms with Crippen molar-refractivity contribution in [1.29, 1.82) is 0 Å². The standard InChI is InChI=1S/C11H7NO5S2/c13-9(8-5(10(14)15)1-2-19-8)12-7-4-18-3-6(7)11(16)17/h1-4H,(H,12,13)(H,14,15)(H,16,17). The minimum absolute atomic E-state index is 0.0215. The molecule has 0 saturated heterocycles. The molecule has 8 heteroatoms. The summed E-state index contributed by atoms with van der Waals surface area (Å²) in [5.74, 6) is -2.98. The third kappa shape index (κ3) is 2.64. The number of carboxylic acids is 2. The summed E-state index contributed by atoms with van der Waals surface area (Å²) in [6, 6.07) is 1.33. The van der Waals surface area contributed by atoms with Crippen molar-refractivity contribution < 1.29 is 24.6 Å². The predicted molar refractivity (Wildman–Crippen MR) is 70.5 cm³/mol. The van der Waals surface area contributed by atoms with E-state index in [1.165, 1.54) is 22.2 Å². The quantitative estimate of drug-likeness (QED) is 0.804. The van der Waals surface area contributed by atoms with Crippen LogP contribution in [-0.4, -0.2) is 28.1 Å². The maximum Gasteiger partial charge on any atom is 0.338 e. The second kappa shape index (κ2) is 5.21. The highest BCUT2D eigenvalue weighted by molar-refractivity contribution is 7.12. The summed E-state index contributed by atoms with van der Waals surface area (Å²) in [5, 5.41) is 24.6. The van der Waals surface area contributed by atoms with Crippen molar-refractivity contribution >= 4 is 46.2 Å². The largest absolute Gasteiger partial charge is 0.478 e. The molecule has 0 atom stereocenters. The molecule has 2 aromatic heterocycles. The van der Waals surface area contributed by atoms with Gasteiger partial charge in [0.05, 0.1) is 16.8 Å². The van der Waals surface area contributed by atoms with Crippen LogP contribution >= 0.6 is 22.7 Å². The number of anilines is 1. The Hall–Kier alpha value is -2.19. The van der Waals surface area contributed by atoms with Crippen LogP contribution in [0, 0.1) is 0 Å². The maximum absolute atomic E-state index is 11.9. The van der Waals surface area contributed by atoms with Gasteiger partial charge in [0.15, 0.2) is 0 Å². The molecule has 0 saturated carbocycles. The Morgan fingerprint density at radius 3 is 2.37 bits per heavy atom. The number of carbonyl (C=O) groups is 3. The Morgan fingerprint density at radius 2 is 1.74 bits per heavy atom. The Morgan fingerprint density at radius 1 is 1.05 bits per heavy atom. The number of rotatable bonds is 4. The number of amides is 1. The summed E-state index contributed by atoms with van der Waals surface area (Å²) in [6.07, 6.45) is 0. The first-order chi connectivity index (χ1) is 9.00. The molecule has 2 heterocycles. The zero-order valence-electron chi connectivity index (χ0n) is 9.25. The summed E-state index contributed by atoms with van der Waals surface area (Å²) >= 11 is 2.12. The molecule has 2 aromatic rings. The van der Waals surface area contributed by atoms with E-state index >= 15 is 0 Å². The van der Waals surface area contributed by atoms with E-state index in [0.717, 1.165) is 22.7 Å². The van der Waals surface area contributed by atoms with Crippen molar-refractivity contribution in [3.8, 4) is 0 Å². The lowest BCUT2D eigenvalue weighted by atomic mass is 10.2. The molecular weight excluding hydrogens is 290 g/mol. The maximum atomic E-state index is 11.9. The van der Waals surface area contributed by atoms with E-state index in [9.17, 15) is 14.4 Å². The first kappa shape index (κ1) is 13.2. The highest BCUT2D eigenvalue weighted by Gasteiger charge is 2.20. The number of carbonyl (C=O) groups excluding carboxylic acids is 1. The molecule has 0 aliphatic rings. The molecule has 0 unspecified atom stereocenters. The van der Waals surface area contributed by atoms with Gasteiger partial charge in [-0.3, -0.25) is 4.79 Å². The lowest BCUT2D eigenvalue weighted by Crippen LogP contribution is -2.15. The van der Waals surface area contributed by atoms with Crippen molar-refractivity contribution in [2.24, 2.45) is 0 Å². The minimum Gasteiger partial charge on any atom is -0.478 e. The molecule has 3 N–H and O–H groups in total. The van der Waals surface area contributed by atoms with Crippen molar-refractivity contribution in [3.05, 3.63) is 38.2 Å². The van der Waals surface area contributed by atoms with Crippen molar-refractivity contribution in [2.45, 2.75) is 0 Å². The van der Waals surface area contributed by atoms with Crippen LogP contribution in [0.4, 0.5) is 5.69 Å². The van der Waals surface area contributed by atoms with Crippen LogP contribution in [-0.2, 0) is 0 Å². The van der Waals surface area contributed by atoms with Crippen molar-refractivity contribution in [1.82, 2.24) is 0 Å². The lowest BCUT2D eigenvalue weighted by molar-refractivity contribution is 0.0685. The topological polar surface area (TPSA) is 104 Å². The normalized spacial score (nSPS) is 10.1. The van der Waals surface area contributed by atoms with Gasteiger partial charge in [-0.05, 0) is 11.4 Å². The molecule has 19 heavy (non-hydrogen) atoms. The average Bonchev–Trinajstić information content (AvgIpc) is 2.96. The van der Waals surface area contributed by atoms with Gasteiger partial charge in [0.1, 0.15) is 4.88 Å². The Bertz CT molecular complexity index is 658. The molecule has 0 bridgehead atoms. The Balaban J connectivity index is 2.26. The molecule has 0 fully saturated rings. The molecule has 2 rings (SSSR count). The van der Waals surface area contributed by atoms with E-state index in [1.54, 1.807) is 0 Å². The number of thiophene rings is 2. The molecule has 0 aliphatic heterocycles. The SMILES string of the molecule is O=C(O)c1cscc1NC(=O)c1sccc1C(=O)O. The third-order valence-corrected chi connectivity index (χ3v) is 3.90. The summed E-state index contributed by atoms with van der Waals surface area (Å²) < 4.78 is 0. The number of carboxylic acid groups (broad SMARTS) is 2. The Kier molecular flexibility index (Phi) is 3.63. The second-order valence-electron chi connectivity index (χ2n) is 3.43. The van der Waals surface area contributed by atoms with Crippen LogP contribution in [0.2, 0.25) is 0 Å². The molecule has 0 radical (unpaired) electrons. The average molecular weight is 297 g/mol. The Labute approximate surface area is 114 Å². The number of hydrogen-bond donors (Lipinski definition) is 3. The zero-order valence-corrected chi connectivity index (χ0v) is 10.9. The van der Waals surface area contributed by atoms with Crippen LogP contribution in [0.1, 0.15) is 30.4 Å². The lowest BCUT2D eigenvalue weighted by Gasteiger charge is -2.03. The van der Waals surface area contributed by atoms with Gasteiger partial charge >= 0.3 is 11.9 Å². The summed E-state index contributed by atoms with van der Waals surface area (Å²) in [7, 11) is 0. The molecule has 0 spiro atoms. The fourth-order valence-electron chi connectivity index (χ4n) is 1.39. The second-order valence-corrected chi connectivity index (χ2v) is 5.09. The van der Waals surface area contributed by atoms with Crippen LogP contribution in [0.25, 0.3) is 0 Å². The van der Waals surface area contributed by atoms with E-state index in [2.05, 4.69) is 5.32 Å². The van der Waals surface area contributed by atoms with Crippen LogP contribution in [0.3, 0.4) is 0 Å². The molecule has 1 amide bonds. The van der Waals surface area contributed by atoms with Crippen molar-refractivity contribution in [2.75, 3.05) is 5.32 Å². The van der Waals surface area contributed by atoms with Crippen LogP contribution in [0.5, 0.6) is 0 Å². The van der Waals surface area contributed by atoms with E-state index in [-0.39, 0.29) is 21.7 Å². The van der Waals surface area contributed by atoms with Gasteiger partial charge in [0.2, 0.25) is 0 Å². The highest BCUT2D eigenvalue weighted by Crippen LogP contribution is 2.24. The van der Waals surface area contributed by atoms with Gasteiger partial charge < -0.3 is 15.5 Å². The fourth-order valence-corrected chi connectivity index (χ4v) is 2.93. The summed E-state index contributed by atoms with van der Waals surface area (Å²) in [4.78, 5) is 33.7. The van der Waals surface area contributed by atoms with Gasteiger partial charge in [-0.2, -0.15) is 0 Å². The highest BCUT2D eigenvalue weighted by atomic mass is 32.1. The van der Waals surface area contributed by atoms with E-state index in [4.69, 9.17) is 10.2 Å². The first-order valence-electron chi connectivity index (χ1n) is 4.92. The van der Waals surface area contributed by atoms with Gasteiger partial charge in [-0.1, -0.05) is 0 Å². The van der Waals surface area contributed by atoms with Gasteiger partial charge in [0.25, 0.3) is 5.91 Å². The molecular formula is C11H7NO5S2. The summed E-state index contributed by atoms with van der Waals surface area (Å²) in [5.41, 5.74) is 0.0358.